The summed E-state index contributed by atoms with van der Waals surface area (Å²) in [5.74, 6) is -0.459. The number of rotatable bonds is 12. The second-order valence-electron chi connectivity index (χ2n) is 11.0. The van der Waals surface area contributed by atoms with Crippen LogP contribution in [0, 0.1) is 10.1 Å². The highest BCUT2D eigenvalue weighted by Gasteiger charge is 2.27. The minimum atomic E-state index is -0.915. The van der Waals surface area contributed by atoms with Gasteiger partial charge < -0.3 is 20.1 Å². The Bertz CT molecular complexity index is 1530. The molecule has 0 spiro atoms. The van der Waals surface area contributed by atoms with E-state index in [1.165, 1.54) is 18.2 Å². The minimum absolute atomic E-state index is 0.133. The quantitative estimate of drug-likeness (QED) is 0.105. The first-order chi connectivity index (χ1) is 20.6. The fourth-order valence-corrected chi connectivity index (χ4v) is 4.29. The molecule has 0 bridgehead atoms. The maximum Gasteiger partial charge on any atom is 0.329 e. The number of amides is 1. The summed E-state index contributed by atoms with van der Waals surface area (Å²) >= 11 is 0. The number of ether oxygens (including phenoxy) is 2. The van der Waals surface area contributed by atoms with Gasteiger partial charge in [0.1, 0.15) is 29.7 Å². The van der Waals surface area contributed by atoms with Crippen LogP contribution in [0.15, 0.2) is 103 Å². The first kappa shape index (κ1) is 30.8. The van der Waals surface area contributed by atoms with Gasteiger partial charge in [-0.05, 0) is 81.1 Å². The fourth-order valence-electron chi connectivity index (χ4n) is 4.29. The highest BCUT2D eigenvalue weighted by atomic mass is 16.6. The number of hydrogen-bond donors (Lipinski definition) is 2. The van der Waals surface area contributed by atoms with E-state index in [4.69, 9.17) is 9.47 Å². The number of hydrogen-bond acceptors (Lipinski definition) is 7. The molecule has 0 radical (unpaired) electrons. The van der Waals surface area contributed by atoms with Crippen molar-refractivity contribution in [3.8, 4) is 5.75 Å². The number of aryl methyl sites for hydroxylation is 1. The lowest BCUT2D eigenvalue weighted by atomic mass is 10.0. The van der Waals surface area contributed by atoms with E-state index in [1.807, 2.05) is 60.7 Å². The minimum Gasteiger partial charge on any atom is -0.489 e. The summed E-state index contributed by atoms with van der Waals surface area (Å²) in [6.45, 7) is 5.69. The number of esters is 1. The molecule has 0 aliphatic carbocycles. The van der Waals surface area contributed by atoms with E-state index < -0.39 is 28.4 Å². The lowest BCUT2D eigenvalue weighted by Gasteiger charge is -2.24. The van der Waals surface area contributed by atoms with Crippen LogP contribution < -0.4 is 15.4 Å². The van der Waals surface area contributed by atoms with Gasteiger partial charge >= 0.3 is 5.97 Å². The smallest absolute Gasteiger partial charge is 0.329 e. The van der Waals surface area contributed by atoms with Gasteiger partial charge in [-0.1, -0.05) is 60.7 Å². The number of carbonyl (C=O) groups excluding carboxylic acids is 2. The van der Waals surface area contributed by atoms with Crippen LogP contribution in [0.4, 0.5) is 17.1 Å². The molecule has 222 valence electrons. The van der Waals surface area contributed by atoms with Crippen LogP contribution >= 0.6 is 0 Å². The largest absolute Gasteiger partial charge is 0.489 e. The molecule has 0 heterocycles. The van der Waals surface area contributed by atoms with Gasteiger partial charge in [-0.25, -0.2) is 4.79 Å². The summed E-state index contributed by atoms with van der Waals surface area (Å²) in [5.41, 5.74) is 1.97. The van der Waals surface area contributed by atoms with E-state index in [0.717, 1.165) is 11.1 Å². The molecule has 0 aliphatic heterocycles. The summed E-state index contributed by atoms with van der Waals surface area (Å²) in [6.07, 6.45) is 0.866. The maximum absolute atomic E-state index is 13.3. The highest BCUT2D eigenvalue weighted by Crippen LogP contribution is 2.30. The highest BCUT2D eigenvalue weighted by molar-refractivity contribution is 5.98. The lowest BCUT2D eigenvalue weighted by molar-refractivity contribution is -0.383. The Morgan fingerprint density at radius 3 is 2.09 bits per heavy atom. The first-order valence-electron chi connectivity index (χ1n) is 14.0. The zero-order valence-corrected chi connectivity index (χ0v) is 24.4. The SMILES string of the molecule is CC(C)(C)OC(=O)[C@H](CCc1ccccc1)NC(=O)c1ccc([N+](=O)[O-])c(Nc2ccc(OCc3ccccc3)cc2)c1. The molecule has 0 aliphatic rings. The standard InChI is InChI=1S/C34H35N3O6/c1-34(2,3)43-33(39)29(20-14-24-10-6-4-7-11-24)36-32(38)26-15-21-31(37(40)41)30(22-26)35-27-16-18-28(19-17-27)42-23-25-12-8-5-9-13-25/h4-13,15-19,21-22,29,35H,14,20,23H2,1-3H3,(H,36,38)/t29-/m0/s1. The number of nitrogens with one attached hydrogen (secondary N) is 2. The third kappa shape index (κ3) is 9.43. The lowest BCUT2D eigenvalue weighted by Crippen LogP contribution is -2.44. The van der Waals surface area contributed by atoms with Gasteiger partial charge in [-0.3, -0.25) is 14.9 Å². The Morgan fingerprint density at radius 1 is 0.860 bits per heavy atom. The molecule has 9 heteroatoms. The summed E-state index contributed by atoms with van der Waals surface area (Å²) in [4.78, 5) is 37.6. The topological polar surface area (TPSA) is 120 Å². The Balaban J connectivity index is 1.48. The zero-order valence-electron chi connectivity index (χ0n) is 24.4. The van der Waals surface area contributed by atoms with Crippen molar-refractivity contribution in [2.45, 2.75) is 51.9 Å². The van der Waals surface area contributed by atoms with Crippen molar-refractivity contribution in [1.29, 1.82) is 0 Å². The summed E-state index contributed by atoms with van der Waals surface area (Å²) in [5, 5.41) is 17.6. The predicted octanol–water partition coefficient (Wildman–Crippen LogP) is 6.99. The van der Waals surface area contributed by atoms with Gasteiger partial charge in [0.2, 0.25) is 0 Å². The average molecular weight is 582 g/mol. The summed E-state index contributed by atoms with van der Waals surface area (Å²) in [7, 11) is 0. The van der Waals surface area contributed by atoms with E-state index in [-0.39, 0.29) is 16.9 Å². The van der Waals surface area contributed by atoms with Crippen molar-refractivity contribution in [1.82, 2.24) is 5.32 Å². The average Bonchev–Trinajstić information content (AvgIpc) is 2.98. The van der Waals surface area contributed by atoms with E-state index in [1.54, 1.807) is 45.0 Å². The summed E-state index contributed by atoms with van der Waals surface area (Å²) < 4.78 is 11.4. The maximum atomic E-state index is 13.3. The Morgan fingerprint density at radius 2 is 1.49 bits per heavy atom. The van der Waals surface area contributed by atoms with Crippen molar-refractivity contribution >= 4 is 28.9 Å². The second-order valence-corrected chi connectivity index (χ2v) is 11.0. The van der Waals surface area contributed by atoms with E-state index in [2.05, 4.69) is 10.6 Å². The molecule has 0 unspecified atom stereocenters. The molecular formula is C34H35N3O6. The van der Waals surface area contributed by atoms with Crippen LogP contribution in [-0.4, -0.2) is 28.4 Å². The van der Waals surface area contributed by atoms with Gasteiger partial charge in [-0.2, -0.15) is 0 Å². The molecule has 0 saturated heterocycles. The van der Waals surface area contributed by atoms with Crippen molar-refractivity contribution in [2.75, 3.05) is 5.32 Å². The third-order valence-electron chi connectivity index (χ3n) is 6.40. The Hall–Kier alpha value is -5.18. The Labute approximate surface area is 251 Å². The van der Waals surface area contributed by atoms with Gasteiger partial charge in [0.25, 0.3) is 11.6 Å². The van der Waals surface area contributed by atoms with Crippen molar-refractivity contribution in [3.05, 3.63) is 130 Å². The van der Waals surface area contributed by atoms with E-state index >= 15 is 0 Å². The van der Waals surface area contributed by atoms with E-state index in [9.17, 15) is 19.7 Å². The van der Waals surface area contributed by atoms with Crippen LogP contribution in [-0.2, 0) is 22.6 Å². The van der Waals surface area contributed by atoms with Crippen molar-refractivity contribution in [3.63, 3.8) is 0 Å². The molecule has 2 N–H and O–H groups in total. The van der Waals surface area contributed by atoms with Crippen LogP contribution in [0.3, 0.4) is 0 Å². The molecular weight excluding hydrogens is 546 g/mol. The third-order valence-corrected chi connectivity index (χ3v) is 6.40. The van der Waals surface area contributed by atoms with Crippen molar-refractivity contribution < 1.29 is 24.0 Å². The number of carbonyl (C=O) groups is 2. The number of nitro benzene ring substituents is 1. The number of benzene rings is 4. The molecule has 0 aromatic heterocycles. The molecule has 1 amide bonds. The first-order valence-corrected chi connectivity index (χ1v) is 14.0. The van der Waals surface area contributed by atoms with Crippen LogP contribution in [0.5, 0.6) is 5.75 Å². The monoisotopic (exact) mass is 581 g/mol. The van der Waals surface area contributed by atoms with Crippen LogP contribution in [0.2, 0.25) is 0 Å². The van der Waals surface area contributed by atoms with Gasteiger partial charge in [0, 0.05) is 17.3 Å². The van der Waals surface area contributed by atoms with E-state index in [0.29, 0.717) is 30.9 Å². The summed E-state index contributed by atoms with van der Waals surface area (Å²) in [6, 6.07) is 29.5. The Kier molecular flexibility index (Phi) is 10.1. The van der Waals surface area contributed by atoms with Crippen molar-refractivity contribution in [2.24, 2.45) is 0 Å². The van der Waals surface area contributed by atoms with Gasteiger partial charge in [-0.15, -0.1) is 0 Å². The molecule has 9 nitrogen and oxygen atoms in total. The number of nitro groups is 1. The molecule has 4 aromatic rings. The number of nitrogens with zero attached hydrogens (tertiary/aromatic N) is 1. The second kappa shape index (κ2) is 14.1. The van der Waals surface area contributed by atoms with Crippen LogP contribution in [0.1, 0.15) is 48.7 Å². The van der Waals surface area contributed by atoms with Gasteiger partial charge in [0.05, 0.1) is 4.92 Å². The zero-order chi connectivity index (χ0) is 30.8. The normalized spacial score (nSPS) is 11.7. The molecule has 4 aromatic carbocycles. The fraction of sp³-hybridized carbons (Fsp3) is 0.235. The predicted molar refractivity (Wildman–Crippen MR) is 165 cm³/mol. The van der Waals surface area contributed by atoms with Gasteiger partial charge in [0.15, 0.2) is 0 Å². The molecule has 4 rings (SSSR count). The molecule has 1 atom stereocenters. The number of anilines is 2. The van der Waals surface area contributed by atoms with Crippen LogP contribution in [0.25, 0.3) is 0 Å². The molecule has 43 heavy (non-hydrogen) atoms. The molecule has 0 saturated carbocycles. The molecule has 0 fully saturated rings.